The Bertz CT molecular complexity index is 344. The Hall–Kier alpha value is -0.450. The molecule has 1 heterocycles. The quantitative estimate of drug-likeness (QED) is 0.906. The zero-order chi connectivity index (χ0) is 11.5. The minimum absolute atomic E-state index is 0.169. The molecule has 1 atom stereocenters. The van der Waals surface area contributed by atoms with Crippen molar-refractivity contribution in [1.29, 1.82) is 0 Å². The topological polar surface area (TPSA) is 29.5 Å². The third-order valence-electron chi connectivity index (χ3n) is 2.94. The van der Waals surface area contributed by atoms with Gasteiger partial charge in [-0.25, -0.2) is 4.39 Å². The van der Waals surface area contributed by atoms with E-state index in [1.807, 2.05) is 0 Å². The first kappa shape index (κ1) is 12.0. The van der Waals surface area contributed by atoms with E-state index in [2.05, 4.69) is 15.9 Å². The van der Waals surface area contributed by atoms with Gasteiger partial charge in [0.2, 0.25) is 0 Å². The van der Waals surface area contributed by atoms with E-state index < -0.39 is 6.10 Å². The van der Waals surface area contributed by atoms with Crippen LogP contribution in [0.25, 0.3) is 0 Å². The number of halogens is 2. The van der Waals surface area contributed by atoms with Gasteiger partial charge >= 0.3 is 0 Å². The van der Waals surface area contributed by atoms with Gasteiger partial charge in [-0.2, -0.15) is 0 Å². The molecule has 1 N–H and O–H groups in total. The molecule has 0 saturated carbocycles. The summed E-state index contributed by atoms with van der Waals surface area (Å²) in [6, 6.07) is 4.55. The predicted octanol–water partition coefficient (Wildman–Crippen LogP) is 3.05. The molecule has 2 nitrogen and oxygen atoms in total. The monoisotopic (exact) mass is 288 g/mol. The van der Waals surface area contributed by atoms with E-state index in [4.69, 9.17) is 4.74 Å². The second-order valence-corrected chi connectivity index (χ2v) is 5.01. The molecule has 0 amide bonds. The zero-order valence-corrected chi connectivity index (χ0v) is 10.4. The summed E-state index contributed by atoms with van der Waals surface area (Å²) in [5.74, 6) is -0.155. The van der Waals surface area contributed by atoms with Gasteiger partial charge in [0.05, 0.1) is 6.10 Å². The van der Waals surface area contributed by atoms with Gasteiger partial charge in [-0.1, -0.05) is 15.9 Å². The molecule has 2 rings (SSSR count). The minimum Gasteiger partial charge on any atom is -0.388 e. The molecular weight excluding hydrogens is 275 g/mol. The fourth-order valence-corrected chi connectivity index (χ4v) is 2.53. The predicted molar refractivity (Wildman–Crippen MR) is 62.6 cm³/mol. The maximum atomic E-state index is 13.2. The van der Waals surface area contributed by atoms with E-state index in [1.165, 1.54) is 12.1 Å². The van der Waals surface area contributed by atoms with Crippen LogP contribution in [0.3, 0.4) is 0 Å². The number of aliphatic hydroxyl groups is 1. The van der Waals surface area contributed by atoms with Crippen LogP contribution in [-0.2, 0) is 4.74 Å². The first-order chi connectivity index (χ1) is 7.66. The molecule has 0 spiro atoms. The number of benzene rings is 1. The lowest BCUT2D eigenvalue weighted by Crippen LogP contribution is -2.22. The molecular formula is C12H14BrFO2. The van der Waals surface area contributed by atoms with Gasteiger partial charge in [0.25, 0.3) is 0 Å². The van der Waals surface area contributed by atoms with Crippen LogP contribution in [0.5, 0.6) is 0 Å². The van der Waals surface area contributed by atoms with Crippen molar-refractivity contribution in [2.45, 2.75) is 18.9 Å². The molecule has 4 heteroatoms. The fourth-order valence-electron chi connectivity index (χ4n) is 2.05. The highest BCUT2D eigenvalue weighted by Gasteiger charge is 2.23. The molecule has 16 heavy (non-hydrogen) atoms. The first-order valence-electron chi connectivity index (χ1n) is 5.38. The van der Waals surface area contributed by atoms with Crippen LogP contribution < -0.4 is 0 Å². The summed E-state index contributed by atoms with van der Waals surface area (Å²) in [6.07, 6.45) is 1.06. The molecule has 1 unspecified atom stereocenters. The van der Waals surface area contributed by atoms with Crippen LogP contribution in [0.4, 0.5) is 4.39 Å². The number of rotatable bonds is 2. The minimum atomic E-state index is -0.601. The van der Waals surface area contributed by atoms with Crippen molar-refractivity contribution in [3.63, 3.8) is 0 Å². The lowest BCUT2D eigenvalue weighted by atomic mass is 9.89. The molecule has 88 valence electrons. The summed E-state index contributed by atoms with van der Waals surface area (Å²) in [4.78, 5) is 0. The van der Waals surface area contributed by atoms with E-state index in [9.17, 15) is 9.50 Å². The normalized spacial score (nSPS) is 19.7. The summed E-state index contributed by atoms with van der Waals surface area (Å²) < 4.78 is 19.1. The second kappa shape index (κ2) is 5.25. The Morgan fingerprint density at radius 1 is 1.31 bits per heavy atom. The van der Waals surface area contributed by atoms with Crippen molar-refractivity contribution in [3.05, 3.63) is 34.1 Å². The van der Waals surface area contributed by atoms with Crippen LogP contribution >= 0.6 is 15.9 Å². The lowest BCUT2D eigenvalue weighted by Gasteiger charge is -2.27. The third-order valence-corrected chi connectivity index (χ3v) is 3.40. The van der Waals surface area contributed by atoms with Crippen molar-refractivity contribution in [3.8, 4) is 0 Å². The molecule has 1 aromatic carbocycles. The van der Waals surface area contributed by atoms with Gasteiger partial charge in [0.15, 0.2) is 0 Å². The number of ether oxygens (including phenoxy) is 1. The molecule has 1 saturated heterocycles. The van der Waals surface area contributed by atoms with E-state index in [1.54, 1.807) is 6.07 Å². The van der Waals surface area contributed by atoms with Gasteiger partial charge in [-0.05, 0) is 42.5 Å². The third kappa shape index (κ3) is 2.81. The van der Waals surface area contributed by atoms with Gasteiger partial charge in [0, 0.05) is 17.7 Å². The Morgan fingerprint density at radius 2 is 2.00 bits per heavy atom. The highest BCUT2D eigenvalue weighted by Crippen LogP contribution is 2.31. The van der Waals surface area contributed by atoms with Crippen LogP contribution in [0.1, 0.15) is 24.5 Å². The Balaban J connectivity index is 2.15. The van der Waals surface area contributed by atoms with Crippen molar-refractivity contribution >= 4 is 15.9 Å². The highest BCUT2D eigenvalue weighted by molar-refractivity contribution is 9.10. The first-order valence-corrected chi connectivity index (χ1v) is 6.18. The van der Waals surface area contributed by atoms with Crippen molar-refractivity contribution in [2.24, 2.45) is 5.92 Å². The number of aliphatic hydroxyl groups excluding tert-OH is 1. The van der Waals surface area contributed by atoms with E-state index >= 15 is 0 Å². The van der Waals surface area contributed by atoms with Crippen molar-refractivity contribution in [1.82, 2.24) is 0 Å². The summed E-state index contributed by atoms with van der Waals surface area (Å²) in [5, 5.41) is 10.2. The van der Waals surface area contributed by atoms with E-state index in [0.29, 0.717) is 23.2 Å². The summed E-state index contributed by atoms with van der Waals surface area (Å²) in [5.41, 5.74) is 0.638. The smallest absolute Gasteiger partial charge is 0.124 e. The molecule has 0 bridgehead atoms. The summed E-state index contributed by atoms with van der Waals surface area (Å²) in [6.45, 7) is 1.36. The van der Waals surface area contributed by atoms with Gasteiger partial charge in [-0.3, -0.25) is 0 Å². The average Bonchev–Trinajstić information content (AvgIpc) is 2.28. The largest absolute Gasteiger partial charge is 0.388 e. The summed E-state index contributed by atoms with van der Waals surface area (Å²) >= 11 is 3.23. The number of hydrogen-bond donors (Lipinski definition) is 1. The van der Waals surface area contributed by atoms with Gasteiger partial charge < -0.3 is 9.84 Å². The fraction of sp³-hybridized carbons (Fsp3) is 0.500. The van der Waals surface area contributed by atoms with E-state index in [0.717, 1.165) is 12.8 Å². The number of hydrogen-bond acceptors (Lipinski definition) is 2. The SMILES string of the molecule is OC(c1cc(F)cc(Br)c1)C1CCOCC1. The van der Waals surface area contributed by atoms with Crippen molar-refractivity contribution < 1.29 is 14.2 Å². The summed E-state index contributed by atoms with van der Waals surface area (Å²) in [7, 11) is 0. The van der Waals surface area contributed by atoms with Crippen LogP contribution in [0.15, 0.2) is 22.7 Å². The van der Waals surface area contributed by atoms with Gasteiger partial charge in [0.1, 0.15) is 5.82 Å². The molecule has 0 aliphatic carbocycles. The molecule has 1 aliphatic rings. The molecule has 1 fully saturated rings. The Morgan fingerprint density at radius 3 is 2.62 bits per heavy atom. The van der Waals surface area contributed by atoms with Crippen LogP contribution in [0.2, 0.25) is 0 Å². The standard InChI is InChI=1S/C12H14BrFO2/c13-10-5-9(6-11(14)7-10)12(15)8-1-3-16-4-2-8/h5-8,12,15H,1-4H2. The zero-order valence-electron chi connectivity index (χ0n) is 8.83. The van der Waals surface area contributed by atoms with Crippen molar-refractivity contribution in [2.75, 3.05) is 13.2 Å². The molecule has 1 aromatic rings. The van der Waals surface area contributed by atoms with E-state index in [-0.39, 0.29) is 11.7 Å². The lowest BCUT2D eigenvalue weighted by molar-refractivity contribution is 0.00706. The molecule has 0 radical (unpaired) electrons. The Kier molecular flexibility index (Phi) is 3.95. The molecule has 1 aliphatic heterocycles. The Labute approximate surface area is 103 Å². The maximum absolute atomic E-state index is 13.2. The van der Waals surface area contributed by atoms with Crippen LogP contribution in [0, 0.1) is 11.7 Å². The van der Waals surface area contributed by atoms with Gasteiger partial charge in [-0.15, -0.1) is 0 Å². The second-order valence-electron chi connectivity index (χ2n) is 4.10. The maximum Gasteiger partial charge on any atom is 0.124 e. The average molecular weight is 289 g/mol. The molecule has 0 aromatic heterocycles. The van der Waals surface area contributed by atoms with Crippen LogP contribution in [-0.4, -0.2) is 18.3 Å². The highest BCUT2D eigenvalue weighted by atomic mass is 79.9.